The third-order valence-corrected chi connectivity index (χ3v) is 2.86. The number of hydrogen-bond donors (Lipinski definition) is 1. The summed E-state index contributed by atoms with van der Waals surface area (Å²) in [4.78, 5) is 13.1. The van der Waals surface area contributed by atoms with Crippen LogP contribution in [0.3, 0.4) is 0 Å². The van der Waals surface area contributed by atoms with Gasteiger partial charge in [0.25, 0.3) is 5.91 Å². The second-order valence-corrected chi connectivity index (χ2v) is 4.84. The lowest BCUT2D eigenvalue weighted by molar-refractivity contribution is -0.133. The average Bonchev–Trinajstić information content (AvgIpc) is 2.18. The first-order valence-corrected chi connectivity index (χ1v) is 5.44. The number of carbonyl (C=O) groups is 1. The highest BCUT2D eigenvalue weighted by Gasteiger charge is 2.28. The number of anilines is 1. The molecule has 1 rings (SSSR count). The Morgan fingerprint density at radius 3 is 2.31 bits per heavy atom. The van der Waals surface area contributed by atoms with Gasteiger partial charge >= 0.3 is 0 Å². The van der Waals surface area contributed by atoms with Crippen molar-refractivity contribution >= 4 is 34.8 Å². The number of amides is 1. The summed E-state index contributed by atoms with van der Waals surface area (Å²) in [6.45, 7) is 2.87. The highest BCUT2D eigenvalue weighted by Crippen LogP contribution is 2.27. The summed E-state index contributed by atoms with van der Waals surface area (Å²) in [5.74, 6) is -0.411. The number of rotatable bonds is 2. The largest absolute Gasteiger partial charge is 0.381 e. The topological polar surface area (TPSA) is 40.5 Å². The molecule has 0 saturated heterocycles. The molecular formula is C11H13Cl2NO2. The third-order valence-electron chi connectivity index (χ3n) is 2.12. The molecule has 3 nitrogen and oxygen atoms in total. The fourth-order valence-corrected chi connectivity index (χ4v) is 1.51. The Balaban J connectivity index is 3.01. The maximum atomic E-state index is 11.8. The van der Waals surface area contributed by atoms with E-state index in [0.717, 1.165) is 0 Å². The molecule has 0 spiro atoms. The predicted molar refractivity (Wildman–Crippen MR) is 66.2 cm³/mol. The zero-order valence-electron chi connectivity index (χ0n) is 9.29. The van der Waals surface area contributed by atoms with Gasteiger partial charge in [0, 0.05) is 12.7 Å². The van der Waals surface area contributed by atoms with Crippen molar-refractivity contribution in [1.82, 2.24) is 0 Å². The van der Waals surface area contributed by atoms with Gasteiger partial charge in [-0.25, -0.2) is 0 Å². The minimum Gasteiger partial charge on any atom is -0.381 e. The first kappa shape index (κ1) is 13.3. The van der Waals surface area contributed by atoms with Crippen LogP contribution in [0.1, 0.15) is 13.8 Å². The van der Waals surface area contributed by atoms with Crippen molar-refractivity contribution in [3.63, 3.8) is 0 Å². The minimum atomic E-state index is -1.42. The molecule has 0 radical (unpaired) electrons. The van der Waals surface area contributed by atoms with Crippen molar-refractivity contribution in [2.24, 2.45) is 0 Å². The fourth-order valence-electron chi connectivity index (χ4n) is 1.22. The molecule has 0 fully saturated rings. The molecule has 1 aromatic carbocycles. The van der Waals surface area contributed by atoms with E-state index in [-0.39, 0.29) is 0 Å². The number of aliphatic hydroxyl groups is 1. The van der Waals surface area contributed by atoms with Gasteiger partial charge in [0.2, 0.25) is 0 Å². The van der Waals surface area contributed by atoms with Crippen LogP contribution in [0.4, 0.5) is 5.69 Å². The minimum absolute atomic E-state index is 0.370. The van der Waals surface area contributed by atoms with Gasteiger partial charge in [-0.15, -0.1) is 0 Å². The Bertz CT molecular complexity index is 413. The Labute approximate surface area is 105 Å². The van der Waals surface area contributed by atoms with Crippen molar-refractivity contribution < 1.29 is 9.90 Å². The Kier molecular flexibility index (Phi) is 3.84. The number of benzene rings is 1. The van der Waals surface area contributed by atoms with Crippen molar-refractivity contribution in [3.8, 4) is 0 Å². The Hall–Kier alpha value is -0.770. The molecule has 0 aliphatic carbocycles. The molecule has 0 atom stereocenters. The number of nitrogens with zero attached hydrogens (tertiary/aromatic N) is 1. The SMILES string of the molecule is CN(C(=O)C(C)(C)O)c1ccc(Cl)c(Cl)c1. The maximum Gasteiger partial charge on any atom is 0.258 e. The van der Waals surface area contributed by atoms with Crippen molar-refractivity contribution in [1.29, 1.82) is 0 Å². The highest BCUT2D eigenvalue weighted by molar-refractivity contribution is 6.42. The van der Waals surface area contributed by atoms with Gasteiger partial charge < -0.3 is 10.0 Å². The van der Waals surface area contributed by atoms with E-state index in [1.54, 1.807) is 25.2 Å². The first-order chi connectivity index (χ1) is 7.23. The highest BCUT2D eigenvalue weighted by atomic mass is 35.5. The molecule has 0 aliphatic rings. The van der Waals surface area contributed by atoms with E-state index in [0.29, 0.717) is 15.7 Å². The standard InChI is InChI=1S/C11H13Cl2NO2/c1-11(2,16)10(15)14(3)7-4-5-8(12)9(13)6-7/h4-6,16H,1-3H3. The summed E-state index contributed by atoms with van der Waals surface area (Å²) >= 11 is 11.6. The van der Waals surface area contributed by atoms with E-state index < -0.39 is 11.5 Å². The van der Waals surface area contributed by atoms with Crippen LogP contribution in [0.2, 0.25) is 10.0 Å². The molecule has 0 saturated carbocycles. The van der Waals surface area contributed by atoms with Gasteiger partial charge in [-0.1, -0.05) is 23.2 Å². The van der Waals surface area contributed by atoms with E-state index in [1.165, 1.54) is 18.7 Å². The molecule has 16 heavy (non-hydrogen) atoms. The van der Waals surface area contributed by atoms with Gasteiger partial charge in [0.15, 0.2) is 0 Å². The molecular weight excluding hydrogens is 249 g/mol. The van der Waals surface area contributed by atoms with Crippen LogP contribution >= 0.6 is 23.2 Å². The van der Waals surface area contributed by atoms with Crippen LogP contribution in [0.25, 0.3) is 0 Å². The summed E-state index contributed by atoms with van der Waals surface area (Å²) in [5.41, 5.74) is -0.831. The molecule has 0 bridgehead atoms. The van der Waals surface area contributed by atoms with Crippen LogP contribution in [-0.4, -0.2) is 23.7 Å². The number of carbonyl (C=O) groups excluding carboxylic acids is 1. The van der Waals surface area contributed by atoms with Crippen molar-refractivity contribution in [2.75, 3.05) is 11.9 Å². The smallest absolute Gasteiger partial charge is 0.258 e. The predicted octanol–water partition coefficient (Wildman–Crippen LogP) is 2.73. The van der Waals surface area contributed by atoms with Crippen LogP contribution in [0.15, 0.2) is 18.2 Å². The van der Waals surface area contributed by atoms with Crippen LogP contribution < -0.4 is 4.90 Å². The molecule has 0 aliphatic heterocycles. The first-order valence-electron chi connectivity index (χ1n) is 4.69. The van der Waals surface area contributed by atoms with E-state index in [1.807, 2.05) is 0 Å². The van der Waals surface area contributed by atoms with E-state index >= 15 is 0 Å². The lowest BCUT2D eigenvalue weighted by atomic mass is 10.1. The number of hydrogen-bond acceptors (Lipinski definition) is 2. The van der Waals surface area contributed by atoms with Crippen LogP contribution in [0, 0.1) is 0 Å². The summed E-state index contributed by atoms with van der Waals surface area (Å²) in [6.07, 6.45) is 0. The molecule has 88 valence electrons. The summed E-state index contributed by atoms with van der Waals surface area (Å²) in [6, 6.07) is 4.85. The summed E-state index contributed by atoms with van der Waals surface area (Å²) < 4.78 is 0. The number of likely N-dealkylation sites (N-methyl/N-ethyl adjacent to an activating group) is 1. The third kappa shape index (κ3) is 2.88. The van der Waals surface area contributed by atoms with Gasteiger partial charge in [-0.3, -0.25) is 4.79 Å². The molecule has 5 heteroatoms. The Morgan fingerprint density at radius 2 is 1.88 bits per heavy atom. The molecule has 1 N–H and O–H groups in total. The van der Waals surface area contributed by atoms with Gasteiger partial charge in [0.05, 0.1) is 10.0 Å². The molecule has 0 heterocycles. The van der Waals surface area contributed by atoms with E-state index in [9.17, 15) is 9.90 Å². The second kappa shape index (κ2) is 4.62. The molecule has 0 unspecified atom stereocenters. The molecule has 1 amide bonds. The van der Waals surface area contributed by atoms with Crippen molar-refractivity contribution in [2.45, 2.75) is 19.4 Å². The second-order valence-electron chi connectivity index (χ2n) is 4.02. The molecule has 0 aromatic heterocycles. The average molecular weight is 262 g/mol. The fraction of sp³-hybridized carbons (Fsp3) is 0.364. The zero-order valence-corrected chi connectivity index (χ0v) is 10.8. The van der Waals surface area contributed by atoms with E-state index in [4.69, 9.17) is 23.2 Å². The van der Waals surface area contributed by atoms with Crippen LogP contribution in [-0.2, 0) is 4.79 Å². The normalized spacial score (nSPS) is 11.4. The Morgan fingerprint density at radius 1 is 1.31 bits per heavy atom. The van der Waals surface area contributed by atoms with Crippen molar-refractivity contribution in [3.05, 3.63) is 28.2 Å². The van der Waals surface area contributed by atoms with Gasteiger partial charge in [0.1, 0.15) is 5.60 Å². The van der Waals surface area contributed by atoms with Gasteiger partial charge in [-0.2, -0.15) is 0 Å². The number of halogens is 2. The monoisotopic (exact) mass is 261 g/mol. The summed E-state index contributed by atoms with van der Waals surface area (Å²) in [7, 11) is 1.57. The van der Waals surface area contributed by atoms with Crippen LogP contribution in [0.5, 0.6) is 0 Å². The zero-order chi connectivity index (χ0) is 12.5. The van der Waals surface area contributed by atoms with E-state index in [2.05, 4.69) is 0 Å². The molecule has 1 aromatic rings. The lowest BCUT2D eigenvalue weighted by Gasteiger charge is -2.25. The lowest BCUT2D eigenvalue weighted by Crippen LogP contribution is -2.43. The van der Waals surface area contributed by atoms with Gasteiger partial charge in [-0.05, 0) is 32.0 Å². The quantitative estimate of drug-likeness (QED) is 0.890. The maximum absolute atomic E-state index is 11.8. The summed E-state index contributed by atoms with van der Waals surface area (Å²) in [5, 5.41) is 10.4.